The third-order valence-corrected chi connectivity index (χ3v) is 6.18. The number of aromatic nitrogens is 2. The van der Waals surface area contributed by atoms with Crippen molar-refractivity contribution >= 4 is 21.6 Å². The van der Waals surface area contributed by atoms with Gasteiger partial charge < -0.3 is 14.2 Å². The number of hydrogen-bond acceptors (Lipinski definition) is 7. The van der Waals surface area contributed by atoms with Gasteiger partial charge in [0.1, 0.15) is 19.3 Å². The molecule has 0 radical (unpaired) electrons. The van der Waals surface area contributed by atoms with Crippen LogP contribution in [0, 0.1) is 0 Å². The fourth-order valence-electron chi connectivity index (χ4n) is 2.86. The molecule has 2 aliphatic rings. The second kappa shape index (κ2) is 6.90. The van der Waals surface area contributed by atoms with Crippen LogP contribution in [0.5, 0.6) is 17.5 Å². The first-order valence-electron chi connectivity index (χ1n) is 8.06. The Balaban J connectivity index is 1.48. The summed E-state index contributed by atoms with van der Waals surface area (Å²) in [7, 11) is -3.65. The molecule has 1 aromatic carbocycles. The summed E-state index contributed by atoms with van der Waals surface area (Å²) in [6, 6.07) is 4.82. The van der Waals surface area contributed by atoms with Crippen molar-refractivity contribution in [2.45, 2.75) is 17.4 Å². The Labute approximate surface area is 155 Å². The van der Waals surface area contributed by atoms with Crippen LogP contribution >= 0.6 is 11.6 Å². The molecule has 138 valence electrons. The van der Waals surface area contributed by atoms with E-state index in [2.05, 4.69) is 9.97 Å². The minimum atomic E-state index is -3.65. The Kier molecular flexibility index (Phi) is 4.60. The van der Waals surface area contributed by atoms with Crippen molar-refractivity contribution in [1.29, 1.82) is 0 Å². The largest absolute Gasteiger partial charge is 0.486 e. The van der Waals surface area contributed by atoms with Crippen molar-refractivity contribution in [2.75, 3.05) is 26.3 Å². The van der Waals surface area contributed by atoms with E-state index in [4.69, 9.17) is 25.8 Å². The van der Waals surface area contributed by atoms with Crippen LogP contribution in [-0.4, -0.2) is 55.1 Å². The normalized spacial score (nSPS) is 20.1. The van der Waals surface area contributed by atoms with Gasteiger partial charge in [-0.3, -0.25) is 0 Å². The lowest BCUT2D eigenvalue weighted by Crippen LogP contribution is -2.31. The van der Waals surface area contributed by atoms with E-state index in [-0.39, 0.29) is 23.6 Å². The molecule has 0 amide bonds. The van der Waals surface area contributed by atoms with Gasteiger partial charge in [0.15, 0.2) is 11.5 Å². The van der Waals surface area contributed by atoms with Gasteiger partial charge in [-0.15, -0.1) is 0 Å². The lowest BCUT2D eigenvalue weighted by molar-refractivity contribution is 0.171. The summed E-state index contributed by atoms with van der Waals surface area (Å²) < 4.78 is 43.7. The Morgan fingerprint density at radius 3 is 2.65 bits per heavy atom. The minimum absolute atomic E-state index is 0.171. The Hall–Kier alpha value is -2.10. The summed E-state index contributed by atoms with van der Waals surface area (Å²) in [5.41, 5.74) is 0. The van der Waals surface area contributed by atoms with Gasteiger partial charge in [-0.2, -0.15) is 4.31 Å². The van der Waals surface area contributed by atoms with Crippen LogP contribution in [-0.2, 0) is 10.0 Å². The Morgan fingerprint density at radius 1 is 1.15 bits per heavy atom. The molecule has 1 aromatic heterocycles. The number of rotatable bonds is 4. The molecule has 10 heteroatoms. The number of benzene rings is 1. The van der Waals surface area contributed by atoms with Crippen LogP contribution in [0.1, 0.15) is 6.42 Å². The number of hydrogen-bond donors (Lipinski definition) is 0. The molecule has 0 spiro atoms. The highest BCUT2D eigenvalue weighted by molar-refractivity contribution is 7.89. The number of sulfonamides is 1. The zero-order valence-corrected chi connectivity index (χ0v) is 15.2. The molecule has 0 bridgehead atoms. The van der Waals surface area contributed by atoms with Gasteiger partial charge in [0.05, 0.1) is 28.9 Å². The van der Waals surface area contributed by atoms with Crippen LogP contribution in [0.4, 0.5) is 0 Å². The molecule has 2 aliphatic heterocycles. The SMILES string of the molecule is O=S(=O)(c1ccc2c(c1)OCCO2)N1CCC(Oc2ncc(Cl)cn2)C1. The van der Waals surface area contributed by atoms with Crippen LogP contribution in [0.25, 0.3) is 0 Å². The molecule has 4 rings (SSSR count). The van der Waals surface area contributed by atoms with Crippen LogP contribution in [0.3, 0.4) is 0 Å². The monoisotopic (exact) mass is 397 g/mol. The summed E-state index contributed by atoms with van der Waals surface area (Å²) in [5, 5.41) is 0.409. The maximum atomic E-state index is 12.9. The molecular weight excluding hydrogens is 382 g/mol. The van der Waals surface area contributed by atoms with E-state index in [0.29, 0.717) is 42.7 Å². The summed E-state index contributed by atoms with van der Waals surface area (Å²) in [5.74, 6) is 0.997. The third-order valence-electron chi connectivity index (χ3n) is 4.13. The van der Waals surface area contributed by atoms with Gasteiger partial charge in [0.2, 0.25) is 10.0 Å². The standard InChI is InChI=1S/C16H16ClN3O5S/c17-11-8-18-16(19-9-11)25-12-3-4-20(10-12)26(21,22)13-1-2-14-15(7-13)24-6-5-23-14/h1-2,7-9,12H,3-6,10H2. The smallest absolute Gasteiger partial charge is 0.316 e. The highest BCUT2D eigenvalue weighted by Crippen LogP contribution is 2.34. The van der Waals surface area contributed by atoms with E-state index >= 15 is 0 Å². The lowest BCUT2D eigenvalue weighted by Gasteiger charge is -2.21. The molecule has 0 aliphatic carbocycles. The molecule has 1 unspecified atom stereocenters. The second-order valence-electron chi connectivity index (χ2n) is 5.88. The van der Waals surface area contributed by atoms with E-state index in [1.54, 1.807) is 6.07 Å². The zero-order valence-electron chi connectivity index (χ0n) is 13.7. The van der Waals surface area contributed by atoms with Crippen molar-refractivity contribution in [2.24, 2.45) is 0 Å². The topological polar surface area (TPSA) is 90.9 Å². The van der Waals surface area contributed by atoms with E-state index in [0.717, 1.165) is 0 Å². The van der Waals surface area contributed by atoms with Crippen molar-refractivity contribution in [3.8, 4) is 17.5 Å². The van der Waals surface area contributed by atoms with E-state index < -0.39 is 10.0 Å². The Bertz CT molecular complexity index is 907. The third kappa shape index (κ3) is 3.42. The van der Waals surface area contributed by atoms with Gasteiger partial charge in [0.25, 0.3) is 0 Å². The number of halogens is 1. The van der Waals surface area contributed by atoms with E-state index in [1.165, 1.54) is 28.8 Å². The molecule has 1 fully saturated rings. The number of nitrogens with zero attached hydrogens (tertiary/aromatic N) is 3. The van der Waals surface area contributed by atoms with Gasteiger partial charge in [0, 0.05) is 12.6 Å². The fourth-order valence-corrected chi connectivity index (χ4v) is 4.46. The molecule has 3 heterocycles. The first kappa shape index (κ1) is 17.3. The van der Waals surface area contributed by atoms with Crippen molar-refractivity contribution in [3.63, 3.8) is 0 Å². The van der Waals surface area contributed by atoms with Crippen molar-refractivity contribution in [3.05, 3.63) is 35.6 Å². The van der Waals surface area contributed by atoms with Crippen LogP contribution in [0.2, 0.25) is 5.02 Å². The first-order valence-corrected chi connectivity index (χ1v) is 9.88. The van der Waals surface area contributed by atoms with Crippen LogP contribution in [0.15, 0.2) is 35.5 Å². The van der Waals surface area contributed by atoms with Crippen molar-refractivity contribution in [1.82, 2.24) is 14.3 Å². The molecule has 0 N–H and O–H groups in total. The molecule has 26 heavy (non-hydrogen) atoms. The molecule has 0 saturated carbocycles. The van der Waals surface area contributed by atoms with Gasteiger partial charge in [-0.1, -0.05) is 11.6 Å². The average Bonchev–Trinajstić information content (AvgIpc) is 3.12. The average molecular weight is 398 g/mol. The number of fused-ring (bicyclic) bond motifs is 1. The summed E-state index contributed by atoms with van der Waals surface area (Å²) in [4.78, 5) is 8.11. The predicted octanol–water partition coefficient (Wildman–Crippen LogP) is 1.74. The summed E-state index contributed by atoms with van der Waals surface area (Å²) in [6.07, 6.45) is 3.10. The maximum absolute atomic E-state index is 12.9. The molecule has 1 saturated heterocycles. The van der Waals surface area contributed by atoms with Crippen molar-refractivity contribution < 1.29 is 22.6 Å². The number of ether oxygens (including phenoxy) is 3. The Morgan fingerprint density at radius 2 is 1.88 bits per heavy atom. The summed E-state index contributed by atoms with van der Waals surface area (Å²) in [6.45, 7) is 1.44. The lowest BCUT2D eigenvalue weighted by atomic mass is 10.3. The molecular formula is C16H16ClN3O5S. The van der Waals surface area contributed by atoms with Gasteiger partial charge in [-0.05, 0) is 18.6 Å². The van der Waals surface area contributed by atoms with E-state index in [1.807, 2.05) is 0 Å². The zero-order chi connectivity index (χ0) is 18.1. The molecule has 2 aromatic rings. The molecule has 8 nitrogen and oxygen atoms in total. The first-order chi connectivity index (χ1) is 12.5. The highest BCUT2D eigenvalue weighted by Gasteiger charge is 2.34. The predicted molar refractivity (Wildman–Crippen MR) is 92.3 cm³/mol. The van der Waals surface area contributed by atoms with Gasteiger partial charge >= 0.3 is 6.01 Å². The fraction of sp³-hybridized carbons (Fsp3) is 0.375. The minimum Gasteiger partial charge on any atom is -0.486 e. The van der Waals surface area contributed by atoms with E-state index in [9.17, 15) is 8.42 Å². The maximum Gasteiger partial charge on any atom is 0.316 e. The van der Waals surface area contributed by atoms with Gasteiger partial charge in [-0.25, -0.2) is 18.4 Å². The summed E-state index contributed by atoms with van der Waals surface area (Å²) >= 11 is 5.74. The van der Waals surface area contributed by atoms with Crippen LogP contribution < -0.4 is 14.2 Å². The quantitative estimate of drug-likeness (QED) is 0.776. The molecule has 1 atom stereocenters. The second-order valence-corrected chi connectivity index (χ2v) is 8.26. The highest BCUT2D eigenvalue weighted by atomic mass is 35.5.